The van der Waals surface area contributed by atoms with E-state index < -0.39 is 0 Å². The van der Waals surface area contributed by atoms with Crippen molar-refractivity contribution in [1.29, 1.82) is 0 Å². The Hall–Kier alpha value is -1.07. The van der Waals surface area contributed by atoms with Crippen LogP contribution in [0.15, 0.2) is 22.7 Å². The molecule has 33 heavy (non-hydrogen) atoms. The Kier molecular flexibility index (Phi) is 10.6. The number of carbonyl (C=O) groups excluding carboxylic acids is 1. The maximum atomic E-state index is 11.8. The van der Waals surface area contributed by atoms with Gasteiger partial charge >= 0.3 is 0 Å². The molecule has 186 valence electrons. The molecule has 0 atom stereocenters. The average molecular weight is 522 g/mol. The molecule has 0 unspecified atom stereocenters. The molecule has 2 aliphatic rings. The first kappa shape index (κ1) is 26.5. The van der Waals surface area contributed by atoms with Gasteiger partial charge in [0.15, 0.2) is 0 Å². The molecule has 1 saturated heterocycles. The summed E-state index contributed by atoms with van der Waals surface area (Å²) in [7, 11) is 0. The van der Waals surface area contributed by atoms with Gasteiger partial charge in [0.2, 0.25) is 5.91 Å². The predicted octanol–water partition coefficient (Wildman–Crippen LogP) is 6.70. The number of amides is 1. The fourth-order valence-corrected chi connectivity index (χ4v) is 6.27. The molecular weight excluding hydrogens is 476 g/mol. The van der Waals surface area contributed by atoms with E-state index in [9.17, 15) is 4.79 Å². The number of likely N-dealkylation sites (tertiary alicyclic amines) is 1. The average Bonchev–Trinajstić information content (AvgIpc) is 2.78. The van der Waals surface area contributed by atoms with Gasteiger partial charge in [-0.05, 0) is 134 Å². The standard InChI is InChI=1S/C28H45BrN2O2/c1-5-31(22(4)32)26-10-8-23(9-11-26)7-6-16-30-17-14-24(15-18-30)19-25-20-27(33-21(2)3)12-13-28(25)29/h12-13,20-21,23-24,26H,5-11,14-19H2,1-4H3/t23-,26-. The van der Waals surface area contributed by atoms with Gasteiger partial charge in [0.05, 0.1) is 6.10 Å². The first-order chi connectivity index (χ1) is 15.9. The van der Waals surface area contributed by atoms with Crippen LogP contribution in [0.1, 0.15) is 84.6 Å². The zero-order valence-corrected chi connectivity index (χ0v) is 22.9. The molecule has 0 bridgehead atoms. The zero-order chi connectivity index (χ0) is 23.8. The molecule has 1 aliphatic carbocycles. The highest BCUT2D eigenvalue weighted by Crippen LogP contribution is 2.32. The van der Waals surface area contributed by atoms with E-state index in [2.05, 4.69) is 64.7 Å². The Morgan fingerprint density at radius 1 is 1.12 bits per heavy atom. The van der Waals surface area contributed by atoms with Crippen LogP contribution in [-0.2, 0) is 11.2 Å². The minimum absolute atomic E-state index is 0.212. The van der Waals surface area contributed by atoms with Gasteiger partial charge in [0.25, 0.3) is 0 Å². The van der Waals surface area contributed by atoms with E-state index in [1.807, 2.05) is 0 Å². The highest BCUT2D eigenvalue weighted by Gasteiger charge is 2.26. The second kappa shape index (κ2) is 13.1. The lowest BCUT2D eigenvalue weighted by atomic mass is 9.82. The Labute approximate surface area is 210 Å². The van der Waals surface area contributed by atoms with Crippen LogP contribution in [-0.4, -0.2) is 54.0 Å². The molecule has 4 nitrogen and oxygen atoms in total. The molecule has 1 amide bonds. The third kappa shape index (κ3) is 8.28. The maximum absolute atomic E-state index is 11.8. The largest absolute Gasteiger partial charge is 0.491 e. The molecule has 3 rings (SSSR count). The molecule has 0 aromatic heterocycles. The quantitative estimate of drug-likeness (QED) is 0.344. The number of hydrogen-bond acceptors (Lipinski definition) is 3. The molecule has 1 aromatic carbocycles. The smallest absolute Gasteiger partial charge is 0.219 e. The lowest BCUT2D eigenvalue weighted by molar-refractivity contribution is -0.131. The number of halogens is 1. The molecule has 1 aliphatic heterocycles. The molecule has 5 heteroatoms. The summed E-state index contributed by atoms with van der Waals surface area (Å²) in [4.78, 5) is 16.6. The van der Waals surface area contributed by atoms with E-state index >= 15 is 0 Å². The van der Waals surface area contributed by atoms with E-state index in [1.165, 1.54) is 81.0 Å². The van der Waals surface area contributed by atoms with E-state index in [0.29, 0.717) is 6.04 Å². The van der Waals surface area contributed by atoms with Gasteiger partial charge in [0.1, 0.15) is 5.75 Å². The minimum atomic E-state index is 0.212. The van der Waals surface area contributed by atoms with Crippen LogP contribution < -0.4 is 4.74 Å². The number of carbonyl (C=O) groups is 1. The summed E-state index contributed by atoms with van der Waals surface area (Å²) >= 11 is 3.74. The van der Waals surface area contributed by atoms with Crippen molar-refractivity contribution >= 4 is 21.8 Å². The van der Waals surface area contributed by atoms with E-state index in [4.69, 9.17) is 4.74 Å². The van der Waals surface area contributed by atoms with Crippen molar-refractivity contribution in [2.24, 2.45) is 11.8 Å². The maximum Gasteiger partial charge on any atom is 0.219 e. The van der Waals surface area contributed by atoms with Crippen molar-refractivity contribution in [1.82, 2.24) is 9.80 Å². The van der Waals surface area contributed by atoms with Crippen LogP contribution in [0.3, 0.4) is 0 Å². The number of nitrogens with zero attached hydrogens (tertiary/aromatic N) is 2. The van der Waals surface area contributed by atoms with Gasteiger partial charge in [-0.25, -0.2) is 0 Å². The lowest BCUT2D eigenvalue weighted by Gasteiger charge is -2.36. The van der Waals surface area contributed by atoms with Crippen LogP contribution in [0.25, 0.3) is 0 Å². The van der Waals surface area contributed by atoms with Gasteiger partial charge in [-0.3, -0.25) is 4.79 Å². The molecule has 1 heterocycles. The first-order valence-corrected chi connectivity index (χ1v) is 14.1. The van der Waals surface area contributed by atoms with Gasteiger partial charge in [-0.1, -0.05) is 15.9 Å². The Balaban J connectivity index is 1.33. The van der Waals surface area contributed by atoms with Crippen molar-refractivity contribution in [3.05, 3.63) is 28.2 Å². The lowest BCUT2D eigenvalue weighted by Crippen LogP contribution is -2.41. The predicted molar refractivity (Wildman–Crippen MR) is 141 cm³/mol. The summed E-state index contributed by atoms with van der Waals surface area (Å²) in [5.74, 6) is 2.86. The van der Waals surface area contributed by atoms with Gasteiger partial charge in [-0.2, -0.15) is 0 Å². The Bertz CT molecular complexity index is 737. The monoisotopic (exact) mass is 520 g/mol. The summed E-state index contributed by atoms with van der Waals surface area (Å²) in [6.45, 7) is 12.6. The highest BCUT2D eigenvalue weighted by atomic mass is 79.9. The summed E-state index contributed by atoms with van der Waals surface area (Å²) in [6.07, 6.45) is 11.6. The summed E-state index contributed by atoms with van der Waals surface area (Å²) in [5, 5.41) is 0. The number of piperidine rings is 1. The van der Waals surface area contributed by atoms with Gasteiger partial charge in [-0.15, -0.1) is 0 Å². The number of rotatable bonds is 10. The molecule has 0 radical (unpaired) electrons. The third-order valence-electron chi connectivity index (χ3n) is 7.69. The number of hydrogen-bond donors (Lipinski definition) is 0. The van der Waals surface area contributed by atoms with Crippen molar-refractivity contribution in [3.8, 4) is 5.75 Å². The third-order valence-corrected chi connectivity index (χ3v) is 8.47. The van der Waals surface area contributed by atoms with Gasteiger partial charge < -0.3 is 14.5 Å². The fraction of sp³-hybridized carbons (Fsp3) is 0.750. The van der Waals surface area contributed by atoms with Crippen LogP contribution >= 0.6 is 15.9 Å². The van der Waals surface area contributed by atoms with Crippen LogP contribution in [0.5, 0.6) is 5.75 Å². The molecule has 1 aromatic rings. The van der Waals surface area contributed by atoms with E-state index in [1.54, 1.807) is 6.92 Å². The van der Waals surface area contributed by atoms with Crippen molar-refractivity contribution in [2.45, 2.75) is 97.6 Å². The molecule has 2 fully saturated rings. The minimum Gasteiger partial charge on any atom is -0.491 e. The van der Waals surface area contributed by atoms with Crippen LogP contribution in [0.2, 0.25) is 0 Å². The summed E-state index contributed by atoms with van der Waals surface area (Å²) < 4.78 is 7.11. The van der Waals surface area contributed by atoms with Crippen molar-refractivity contribution < 1.29 is 9.53 Å². The topological polar surface area (TPSA) is 32.8 Å². The molecule has 0 N–H and O–H groups in total. The van der Waals surface area contributed by atoms with Crippen molar-refractivity contribution in [2.75, 3.05) is 26.2 Å². The van der Waals surface area contributed by atoms with Gasteiger partial charge in [0, 0.05) is 24.0 Å². The van der Waals surface area contributed by atoms with E-state index in [-0.39, 0.29) is 12.0 Å². The summed E-state index contributed by atoms with van der Waals surface area (Å²) in [6, 6.07) is 6.91. The normalized spacial score (nSPS) is 22.5. The second-order valence-electron chi connectivity index (χ2n) is 10.5. The SMILES string of the molecule is CCN(C(C)=O)[C@H]1CC[C@H](CCCN2CCC(Cc3cc(OC(C)C)ccc3Br)CC2)CC1. The number of ether oxygens (including phenoxy) is 1. The first-order valence-electron chi connectivity index (χ1n) is 13.3. The van der Waals surface area contributed by atoms with E-state index in [0.717, 1.165) is 30.6 Å². The van der Waals surface area contributed by atoms with Crippen LogP contribution in [0, 0.1) is 11.8 Å². The second-order valence-corrected chi connectivity index (χ2v) is 11.4. The zero-order valence-electron chi connectivity index (χ0n) is 21.3. The molecule has 1 saturated carbocycles. The molecular formula is C28H45BrN2O2. The Morgan fingerprint density at radius 2 is 1.82 bits per heavy atom. The highest BCUT2D eigenvalue weighted by molar-refractivity contribution is 9.10. The number of benzene rings is 1. The molecule has 0 spiro atoms. The summed E-state index contributed by atoms with van der Waals surface area (Å²) in [5.41, 5.74) is 1.38. The van der Waals surface area contributed by atoms with Crippen LogP contribution in [0.4, 0.5) is 0 Å². The Morgan fingerprint density at radius 3 is 2.42 bits per heavy atom. The van der Waals surface area contributed by atoms with Crippen molar-refractivity contribution in [3.63, 3.8) is 0 Å². The fourth-order valence-electron chi connectivity index (χ4n) is 5.86.